The predicted octanol–water partition coefficient (Wildman–Crippen LogP) is -0.353. The summed E-state index contributed by atoms with van der Waals surface area (Å²) in [5.41, 5.74) is 0. The minimum absolute atomic E-state index is 0.0712. The van der Waals surface area contributed by atoms with Crippen molar-refractivity contribution in [2.45, 2.75) is 0 Å². The van der Waals surface area contributed by atoms with Gasteiger partial charge in [-0.1, -0.05) is 0 Å². The van der Waals surface area contributed by atoms with Crippen LogP contribution >= 0.6 is 0 Å². The van der Waals surface area contributed by atoms with Gasteiger partial charge in [0, 0.05) is 6.08 Å². The first-order valence-electron chi connectivity index (χ1n) is 2.35. The summed E-state index contributed by atoms with van der Waals surface area (Å²) in [6, 6.07) is 0. The van der Waals surface area contributed by atoms with Crippen LogP contribution in [0, 0.1) is 0 Å². The molecule has 3 heteroatoms. The molecule has 44 valence electrons. The van der Waals surface area contributed by atoms with E-state index in [-0.39, 0.29) is 5.78 Å². The third-order valence-electron chi connectivity index (χ3n) is 0.949. The van der Waals surface area contributed by atoms with Gasteiger partial charge >= 0.3 is 0 Å². The number of methoxy groups -OCH3 is 1. The maximum Gasteiger partial charge on any atom is 0.190 e. The molecule has 0 spiro atoms. The maximum absolute atomic E-state index is 10.4. The largest absolute Gasteiger partial charge is 0.482 e. The number of nitrogens with one attached hydrogen (secondary N) is 1. The lowest BCUT2D eigenvalue weighted by molar-refractivity contribution is -0.113. The third-order valence-corrected chi connectivity index (χ3v) is 0.949. The highest BCUT2D eigenvalue weighted by molar-refractivity contribution is 5.94. The fourth-order valence-electron chi connectivity index (χ4n) is 0.554. The molecule has 0 amide bonds. The maximum atomic E-state index is 10.4. The number of ketones is 1. The standard InChI is InChI=1S/C5H7NO2/c1-8-5-2-4(7)3-6-5/h2,6H,3H2,1H3. The molecule has 0 aromatic carbocycles. The number of carbonyl (C=O) groups excluding carboxylic acids is 1. The molecule has 0 aromatic rings. The Kier molecular flexibility index (Phi) is 1.20. The van der Waals surface area contributed by atoms with Crippen LogP contribution in [0.5, 0.6) is 0 Å². The van der Waals surface area contributed by atoms with E-state index in [4.69, 9.17) is 4.74 Å². The van der Waals surface area contributed by atoms with Crippen molar-refractivity contribution in [2.24, 2.45) is 0 Å². The summed E-state index contributed by atoms with van der Waals surface area (Å²) in [4.78, 5) is 10.4. The summed E-state index contributed by atoms with van der Waals surface area (Å²) in [5, 5.41) is 2.75. The topological polar surface area (TPSA) is 38.3 Å². The highest BCUT2D eigenvalue weighted by Crippen LogP contribution is 1.95. The zero-order valence-corrected chi connectivity index (χ0v) is 4.60. The predicted molar refractivity (Wildman–Crippen MR) is 28.1 cm³/mol. The molecule has 0 unspecified atom stereocenters. The summed E-state index contributed by atoms with van der Waals surface area (Å²) in [5.74, 6) is 0.636. The Balaban J connectivity index is 2.57. The van der Waals surface area contributed by atoms with Gasteiger partial charge in [0.15, 0.2) is 11.7 Å². The molecule has 1 aliphatic rings. The Hall–Kier alpha value is -0.990. The normalized spacial score (nSPS) is 17.6. The quantitative estimate of drug-likeness (QED) is 0.505. The fraction of sp³-hybridized carbons (Fsp3) is 0.400. The molecule has 1 aliphatic heterocycles. The van der Waals surface area contributed by atoms with E-state index in [9.17, 15) is 4.79 Å². The van der Waals surface area contributed by atoms with E-state index < -0.39 is 0 Å². The first-order valence-corrected chi connectivity index (χ1v) is 2.35. The molecule has 0 bridgehead atoms. The SMILES string of the molecule is COC1=CC(=O)CN1. The van der Waals surface area contributed by atoms with E-state index in [2.05, 4.69) is 5.32 Å². The molecule has 8 heavy (non-hydrogen) atoms. The van der Waals surface area contributed by atoms with Crippen LogP contribution in [-0.4, -0.2) is 19.4 Å². The minimum Gasteiger partial charge on any atom is -0.482 e. The molecule has 0 fully saturated rings. The van der Waals surface area contributed by atoms with E-state index in [0.717, 1.165) is 0 Å². The van der Waals surface area contributed by atoms with Gasteiger partial charge in [0.1, 0.15) is 0 Å². The number of rotatable bonds is 1. The van der Waals surface area contributed by atoms with Gasteiger partial charge in [-0.2, -0.15) is 0 Å². The Morgan fingerprint density at radius 2 is 2.62 bits per heavy atom. The fourth-order valence-corrected chi connectivity index (χ4v) is 0.554. The van der Waals surface area contributed by atoms with Crippen molar-refractivity contribution in [1.29, 1.82) is 0 Å². The van der Waals surface area contributed by atoms with Gasteiger partial charge in [0.2, 0.25) is 0 Å². The lowest BCUT2D eigenvalue weighted by Crippen LogP contribution is -2.11. The van der Waals surface area contributed by atoms with Crippen molar-refractivity contribution in [3.8, 4) is 0 Å². The van der Waals surface area contributed by atoms with Crippen molar-refractivity contribution >= 4 is 5.78 Å². The molecule has 1 heterocycles. The van der Waals surface area contributed by atoms with Gasteiger partial charge < -0.3 is 10.1 Å². The molecule has 0 atom stereocenters. The summed E-state index contributed by atoms with van der Waals surface area (Å²) >= 11 is 0. The molecular formula is C5H7NO2. The van der Waals surface area contributed by atoms with Gasteiger partial charge in [0.25, 0.3) is 0 Å². The zero-order valence-electron chi connectivity index (χ0n) is 4.60. The molecule has 0 saturated carbocycles. The molecule has 0 aliphatic carbocycles. The minimum atomic E-state index is 0.0712. The van der Waals surface area contributed by atoms with Crippen molar-refractivity contribution in [2.75, 3.05) is 13.7 Å². The van der Waals surface area contributed by atoms with Crippen LogP contribution in [0.4, 0.5) is 0 Å². The zero-order chi connectivity index (χ0) is 5.98. The Morgan fingerprint density at radius 3 is 2.88 bits per heavy atom. The van der Waals surface area contributed by atoms with Crippen LogP contribution in [0.25, 0.3) is 0 Å². The van der Waals surface area contributed by atoms with Crippen molar-refractivity contribution in [3.63, 3.8) is 0 Å². The average Bonchev–Trinajstić information content (AvgIpc) is 2.14. The second kappa shape index (κ2) is 1.86. The second-order valence-corrected chi connectivity index (χ2v) is 1.53. The first-order chi connectivity index (χ1) is 3.83. The Labute approximate surface area is 47.3 Å². The molecule has 0 aromatic heterocycles. The monoisotopic (exact) mass is 113 g/mol. The van der Waals surface area contributed by atoms with Crippen molar-refractivity contribution < 1.29 is 9.53 Å². The highest BCUT2D eigenvalue weighted by atomic mass is 16.5. The summed E-state index contributed by atoms with van der Waals surface area (Å²) in [6.07, 6.45) is 1.44. The molecule has 3 nitrogen and oxygen atoms in total. The molecule has 1 rings (SSSR count). The first kappa shape index (κ1) is 5.15. The van der Waals surface area contributed by atoms with Crippen LogP contribution < -0.4 is 5.32 Å². The second-order valence-electron chi connectivity index (χ2n) is 1.53. The van der Waals surface area contributed by atoms with Gasteiger partial charge in [0.05, 0.1) is 13.7 Å². The van der Waals surface area contributed by atoms with Crippen LogP contribution in [0.1, 0.15) is 0 Å². The lowest BCUT2D eigenvalue weighted by atomic mass is 10.4. The average molecular weight is 113 g/mol. The summed E-state index contributed by atoms with van der Waals surface area (Å²) in [6.45, 7) is 0.378. The van der Waals surface area contributed by atoms with Crippen LogP contribution in [0.15, 0.2) is 12.0 Å². The van der Waals surface area contributed by atoms with Crippen molar-refractivity contribution in [1.82, 2.24) is 5.32 Å². The van der Waals surface area contributed by atoms with E-state index in [1.165, 1.54) is 13.2 Å². The van der Waals surface area contributed by atoms with Gasteiger partial charge in [-0.3, -0.25) is 4.79 Å². The van der Waals surface area contributed by atoms with E-state index in [1.54, 1.807) is 0 Å². The smallest absolute Gasteiger partial charge is 0.190 e. The summed E-state index contributed by atoms with van der Waals surface area (Å²) < 4.78 is 4.71. The van der Waals surface area contributed by atoms with Gasteiger partial charge in [-0.15, -0.1) is 0 Å². The van der Waals surface area contributed by atoms with Crippen LogP contribution in [0.3, 0.4) is 0 Å². The van der Waals surface area contributed by atoms with Crippen molar-refractivity contribution in [3.05, 3.63) is 12.0 Å². The number of hydrogen-bond acceptors (Lipinski definition) is 3. The van der Waals surface area contributed by atoms with E-state index in [1.807, 2.05) is 0 Å². The lowest BCUT2D eigenvalue weighted by Gasteiger charge is -1.96. The Morgan fingerprint density at radius 1 is 1.88 bits per heavy atom. The molecule has 0 radical (unpaired) electrons. The number of hydrogen-bond donors (Lipinski definition) is 1. The number of carbonyl (C=O) groups is 1. The molecular weight excluding hydrogens is 106 g/mol. The molecule has 1 N–H and O–H groups in total. The number of ether oxygens (including phenoxy) is 1. The van der Waals surface area contributed by atoms with Crippen LogP contribution in [-0.2, 0) is 9.53 Å². The van der Waals surface area contributed by atoms with Crippen LogP contribution in [0.2, 0.25) is 0 Å². The Bertz CT molecular complexity index is 139. The summed E-state index contributed by atoms with van der Waals surface area (Å²) in [7, 11) is 1.53. The highest BCUT2D eigenvalue weighted by Gasteiger charge is 2.08. The third kappa shape index (κ3) is 0.804. The van der Waals surface area contributed by atoms with E-state index in [0.29, 0.717) is 12.4 Å². The van der Waals surface area contributed by atoms with Gasteiger partial charge in [-0.25, -0.2) is 0 Å². The van der Waals surface area contributed by atoms with E-state index >= 15 is 0 Å². The molecule has 0 saturated heterocycles. The van der Waals surface area contributed by atoms with Gasteiger partial charge in [-0.05, 0) is 0 Å².